The normalized spacial score (nSPS) is 20.0. The lowest BCUT2D eigenvalue weighted by Crippen LogP contribution is -2.16. The lowest BCUT2D eigenvalue weighted by molar-refractivity contribution is 0.460. The molecule has 2 aromatic carbocycles. The monoisotopic (exact) mass is 930 g/mol. The molecule has 0 saturated heterocycles. The van der Waals surface area contributed by atoms with Crippen molar-refractivity contribution in [1.82, 2.24) is 49.1 Å². The van der Waals surface area contributed by atoms with E-state index in [1.165, 1.54) is 33.4 Å². The number of rotatable bonds is 8. The largest absolute Gasteiger partial charge is 0.257 e. The molecule has 2 atom stereocenters. The summed E-state index contributed by atoms with van der Waals surface area (Å²) in [5, 5.41) is 8.99. The van der Waals surface area contributed by atoms with Gasteiger partial charge in [-0.1, -0.05) is 85.4 Å². The van der Waals surface area contributed by atoms with Gasteiger partial charge in [-0.3, -0.25) is 9.97 Å². The van der Waals surface area contributed by atoms with Crippen LogP contribution in [0.2, 0.25) is 0 Å². The van der Waals surface area contributed by atoms with E-state index < -0.39 is 0 Å². The highest BCUT2D eigenvalue weighted by molar-refractivity contribution is 5.78. The Kier molecular flexibility index (Phi) is 11.2. The van der Waals surface area contributed by atoms with Crippen molar-refractivity contribution in [3.63, 3.8) is 0 Å². The van der Waals surface area contributed by atoms with Gasteiger partial charge in [0.2, 0.25) is 0 Å². The molecule has 2 fully saturated rings. The molecule has 8 aromatic rings. The van der Waals surface area contributed by atoms with Gasteiger partial charge < -0.3 is 0 Å². The third-order valence-corrected chi connectivity index (χ3v) is 16.4. The van der Waals surface area contributed by atoms with Gasteiger partial charge in [0.1, 0.15) is 23.3 Å². The Bertz CT molecular complexity index is 3150. The quantitative estimate of drug-likeness (QED) is 0.148. The molecule has 14 rings (SSSR count). The Morgan fingerprint density at radius 3 is 1.40 bits per heavy atom. The van der Waals surface area contributed by atoms with Gasteiger partial charge in [-0.25, -0.2) is 37.7 Å². The molecule has 0 spiro atoms. The summed E-state index contributed by atoms with van der Waals surface area (Å²) in [6.45, 7) is 0. The summed E-state index contributed by atoms with van der Waals surface area (Å²) in [6.07, 6.45) is 26.3. The number of fused-ring (bicyclic) bond motifs is 6. The topological polar surface area (TPSA) is 112 Å². The fourth-order valence-corrected chi connectivity index (χ4v) is 12.8. The van der Waals surface area contributed by atoms with Crippen molar-refractivity contribution in [3.05, 3.63) is 166 Å². The van der Waals surface area contributed by atoms with Crippen LogP contribution in [0.3, 0.4) is 0 Å². The van der Waals surface area contributed by atoms with Gasteiger partial charge in [-0.2, -0.15) is 10.2 Å². The van der Waals surface area contributed by atoms with E-state index in [2.05, 4.69) is 78.7 Å². The first-order valence-corrected chi connectivity index (χ1v) is 25.8. The minimum atomic E-state index is -0.237. The Morgan fingerprint density at radius 2 is 0.957 bits per heavy atom. The van der Waals surface area contributed by atoms with Gasteiger partial charge in [0.25, 0.3) is 0 Å². The van der Waals surface area contributed by atoms with E-state index in [1.54, 1.807) is 48.1 Å². The van der Waals surface area contributed by atoms with Gasteiger partial charge in [0.05, 0.1) is 23.8 Å². The first-order chi connectivity index (χ1) is 34.5. The van der Waals surface area contributed by atoms with Crippen molar-refractivity contribution in [3.8, 4) is 22.8 Å². The van der Waals surface area contributed by atoms with Crippen LogP contribution in [0.1, 0.15) is 147 Å². The van der Waals surface area contributed by atoms with Crippen LogP contribution in [-0.4, -0.2) is 49.1 Å². The Morgan fingerprint density at radius 1 is 0.514 bits per heavy atom. The molecule has 70 heavy (non-hydrogen) atoms. The van der Waals surface area contributed by atoms with Crippen molar-refractivity contribution in [2.45, 2.75) is 127 Å². The second kappa shape index (κ2) is 18.2. The van der Waals surface area contributed by atoms with Crippen LogP contribution in [0.5, 0.6) is 0 Å². The number of halogens is 2. The summed E-state index contributed by atoms with van der Waals surface area (Å²) in [7, 11) is 0. The van der Waals surface area contributed by atoms with E-state index in [1.807, 2.05) is 21.2 Å². The molecule has 2 saturated carbocycles. The SMILES string of the molecule is Fc1cc(-c2nc(C[C@@H]3CCC4=C(C3)c3ccccc3C4)n3nccc3n2)cnc1C1CCCC1.Fc1cc(-c2nc(C[C@@H]3CCC4=C(C3)c3ccccc3C4)n3nccc3n2)cnc1C1CCCC1. The first-order valence-electron chi connectivity index (χ1n) is 25.8. The third kappa shape index (κ3) is 8.12. The summed E-state index contributed by atoms with van der Waals surface area (Å²) in [5.74, 6) is 3.82. The summed E-state index contributed by atoms with van der Waals surface area (Å²) in [5.41, 5.74) is 16.0. The minimum Gasteiger partial charge on any atom is -0.257 e. The molecule has 0 bridgehead atoms. The zero-order valence-electron chi connectivity index (χ0n) is 39.5. The minimum absolute atomic E-state index is 0.237. The van der Waals surface area contributed by atoms with E-state index in [4.69, 9.17) is 9.97 Å². The predicted molar refractivity (Wildman–Crippen MR) is 267 cm³/mol. The molecule has 6 heterocycles. The average Bonchev–Trinajstić information content (AvgIpc) is 4.26. The molecule has 0 aliphatic heterocycles. The Balaban J connectivity index is 0.000000137. The molecule has 6 aliphatic carbocycles. The second-order valence-corrected chi connectivity index (χ2v) is 20.7. The zero-order chi connectivity index (χ0) is 46.7. The maximum absolute atomic E-state index is 15.0. The molecule has 0 amide bonds. The summed E-state index contributed by atoms with van der Waals surface area (Å²) >= 11 is 0. The number of nitrogens with zero attached hydrogens (tertiary/aromatic N) is 10. The first kappa shape index (κ1) is 43.2. The molecule has 352 valence electrons. The van der Waals surface area contributed by atoms with Gasteiger partial charge in [0, 0.05) is 60.3 Å². The third-order valence-electron chi connectivity index (χ3n) is 16.4. The summed E-state index contributed by atoms with van der Waals surface area (Å²) in [6, 6.07) is 24.6. The number of hydrogen-bond acceptors (Lipinski definition) is 8. The molecule has 0 unspecified atom stereocenters. The number of benzene rings is 2. The maximum atomic E-state index is 15.0. The lowest BCUT2D eigenvalue weighted by Gasteiger charge is -2.24. The average molecular weight is 931 g/mol. The summed E-state index contributed by atoms with van der Waals surface area (Å²) < 4.78 is 33.7. The number of allylic oxidation sites excluding steroid dienone is 4. The Labute approximate surface area is 406 Å². The summed E-state index contributed by atoms with van der Waals surface area (Å²) in [4.78, 5) is 28.2. The second-order valence-electron chi connectivity index (χ2n) is 20.7. The van der Waals surface area contributed by atoms with Crippen LogP contribution in [-0.2, 0) is 25.7 Å². The van der Waals surface area contributed by atoms with E-state index in [-0.39, 0.29) is 23.5 Å². The zero-order valence-corrected chi connectivity index (χ0v) is 39.5. The highest BCUT2D eigenvalue weighted by atomic mass is 19.1. The van der Waals surface area contributed by atoms with E-state index in [0.717, 1.165) is 139 Å². The van der Waals surface area contributed by atoms with Gasteiger partial charge in [0.15, 0.2) is 22.9 Å². The Hall–Kier alpha value is -6.82. The molecule has 10 nitrogen and oxygen atoms in total. The number of hydrogen-bond donors (Lipinski definition) is 0. The van der Waals surface area contributed by atoms with Crippen LogP contribution in [0.15, 0.2) is 109 Å². The smallest absolute Gasteiger partial charge is 0.165 e. The molecule has 6 aromatic heterocycles. The van der Waals surface area contributed by atoms with Crippen LogP contribution < -0.4 is 0 Å². The van der Waals surface area contributed by atoms with E-state index in [0.29, 0.717) is 46.0 Å². The molecule has 0 radical (unpaired) electrons. The molecular weight excluding hydrogens is 875 g/mol. The van der Waals surface area contributed by atoms with Gasteiger partial charge in [-0.05, 0) is 134 Å². The van der Waals surface area contributed by atoms with Crippen LogP contribution in [0.4, 0.5) is 8.78 Å². The highest BCUT2D eigenvalue weighted by Gasteiger charge is 2.31. The van der Waals surface area contributed by atoms with Crippen LogP contribution in [0.25, 0.3) is 45.2 Å². The number of aromatic nitrogens is 10. The molecule has 6 aliphatic rings. The van der Waals surface area contributed by atoms with Gasteiger partial charge in [-0.15, -0.1) is 0 Å². The van der Waals surface area contributed by atoms with E-state index in [9.17, 15) is 0 Å². The number of pyridine rings is 2. The van der Waals surface area contributed by atoms with Crippen molar-refractivity contribution >= 4 is 22.4 Å². The van der Waals surface area contributed by atoms with Crippen molar-refractivity contribution in [2.24, 2.45) is 11.8 Å². The molecule has 12 heteroatoms. The van der Waals surface area contributed by atoms with Gasteiger partial charge >= 0.3 is 0 Å². The predicted octanol–water partition coefficient (Wildman–Crippen LogP) is 12.7. The standard InChI is InChI=1S/2C29H28FN5/c2*30-25-16-22(17-31-28(25)19-5-1-2-6-19)29-33-26-11-12-32-35(26)27(34-29)14-18-9-10-21-15-20-7-3-4-8-23(20)24(21)13-18/h2*3-4,7-8,11-12,16-19H,1-2,5-6,9-10,13-15H2/t2*18-/m11/s1. The van der Waals surface area contributed by atoms with Crippen LogP contribution in [0, 0.1) is 23.5 Å². The maximum Gasteiger partial charge on any atom is 0.165 e. The van der Waals surface area contributed by atoms with Crippen molar-refractivity contribution < 1.29 is 8.78 Å². The molecular formula is C58H56F2N10. The van der Waals surface area contributed by atoms with Crippen molar-refractivity contribution in [2.75, 3.05) is 0 Å². The lowest BCUT2D eigenvalue weighted by atomic mass is 9.82. The van der Waals surface area contributed by atoms with Crippen LogP contribution >= 0.6 is 0 Å². The fraction of sp³-hybridized carbons (Fsp3) is 0.379. The fourth-order valence-electron chi connectivity index (χ4n) is 12.8. The van der Waals surface area contributed by atoms with E-state index >= 15 is 8.78 Å². The molecule has 0 N–H and O–H groups in total. The highest BCUT2D eigenvalue weighted by Crippen LogP contribution is 2.46. The van der Waals surface area contributed by atoms with Crippen molar-refractivity contribution in [1.29, 1.82) is 0 Å².